The van der Waals surface area contributed by atoms with E-state index >= 15 is 0 Å². The van der Waals surface area contributed by atoms with Crippen molar-refractivity contribution in [3.8, 4) is 0 Å². The van der Waals surface area contributed by atoms with Gasteiger partial charge in [0, 0.05) is 34.6 Å². The molecule has 10 nitrogen and oxygen atoms in total. The molecule has 0 aromatic heterocycles. The Bertz CT molecular complexity index is 541. The summed E-state index contributed by atoms with van der Waals surface area (Å²) in [4.78, 5) is 56.6. The summed E-state index contributed by atoms with van der Waals surface area (Å²) in [6.45, 7) is 6.51. The summed E-state index contributed by atoms with van der Waals surface area (Å²) in [5.74, 6) is -3.61. The minimum absolute atomic E-state index is 0.461. The summed E-state index contributed by atoms with van der Waals surface area (Å²) >= 11 is 0. The Hall–Kier alpha value is -2.65. The van der Waals surface area contributed by atoms with Gasteiger partial charge in [-0.1, -0.05) is 0 Å². The van der Waals surface area contributed by atoms with Crippen LogP contribution >= 0.6 is 0 Å². The monoisotopic (exact) mass is 376 g/mol. The molecule has 0 heterocycles. The summed E-state index contributed by atoms with van der Waals surface area (Å²) in [5, 5.41) is 0. The minimum Gasteiger partial charge on any atom is -0.462 e. The van der Waals surface area contributed by atoms with E-state index in [1.807, 2.05) is 0 Å². The highest BCUT2D eigenvalue weighted by atomic mass is 16.6. The largest absolute Gasteiger partial charge is 0.462 e. The Labute approximate surface area is 151 Å². The first-order valence-corrected chi connectivity index (χ1v) is 7.76. The van der Waals surface area contributed by atoms with E-state index < -0.39 is 60.9 Å². The normalized spacial score (nSPS) is 14.8. The van der Waals surface area contributed by atoms with Gasteiger partial charge in [0.2, 0.25) is 0 Å². The molecule has 0 aromatic rings. The third kappa shape index (κ3) is 9.60. The molecule has 0 aromatic carbocycles. The predicted octanol–water partition coefficient (Wildman–Crippen LogP) is 0.296. The lowest BCUT2D eigenvalue weighted by Crippen LogP contribution is -2.52. The first-order chi connectivity index (χ1) is 11.9. The van der Waals surface area contributed by atoms with E-state index in [4.69, 9.17) is 23.7 Å². The van der Waals surface area contributed by atoms with Crippen LogP contribution < -0.4 is 0 Å². The van der Waals surface area contributed by atoms with E-state index in [9.17, 15) is 24.0 Å². The highest BCUT2D eigenvalue weighted by Crippen LogP contribution is 2.19. The lowest BCUT2D eigenvalue weighted by molar-refractivity contribution is -0.201. The predicted molar refractivity (Wildman–Crippen MR) is 84.5 cm³/mol. The molecule has 0 unspecified atom stereocenters. The van der Waals surface area contributed by atoms with Gasteiger partial charge in [-0.15, -0.1) is 0 Å². The van der Waals surface area contributed by atoms with Crippen LogP contribution in [0.1, 0.15) is 41.5 Å². The maximum absolute atomic E-state index is 11.5. The Morgan fingerprint density at radius 3 is 1.42 bits per heavy atom. The molecule has 0 saturated heterocycles. The van der Waals surface area contributed by atoms with Crippen LogP contribution in [0.2, 0.25) is 0 Å². The standard InChI is InChI=1S/C16H24O10/c1-8(23-10(3)18)15(25-12(5)20)16(26-13(6)21)14(24-11(4)19)7-22-9(2)17/h8,14-16H,7H2,1-6H3/t8-,14+,15-,16-/m1/s1. The molecular weight excluding hydrogens is 352 g/mol. The van der Waals surface area contributed by atoms with E-state index in [1.165, 1.54) is 6.92 Å². The minimum atomic E-state index is -1.38. The van der Waals surface area contributed by atoms with E-state index in [0.29, 0.717) is 0 Å². The van der Waals surface area contributed by atoms with Crippen LogP contribution in [-0.4, -0.2) is 60.9 Å². The molecule has 0 aliphatic rings. The molecule has 4 atom stereocenters. The fraction of sp³-hybridized carbons (Fsp3) is 0.688. The smallest absolute Gasteiger partial charge is 0.303 e. The number of rotatable bonds is 9. The number of hydrogen-bond donors (Lipinski definition) is 0. The maximum Gasteiger partial charge on any atom is 0.303 e. The molecular formula is C16H24O10. The van der Waals surface area contributed by atoms with Crippen molar-refractivity contribution < 1.29 is 47.7 Å². The second kappa shape index (κ2) is 11.1. The second-order valence-electron chi connectivity index (χ2n) is 5.41. The van der Waals surface area contributed by atoms with Gasteiger partial charge in [0.05, 0.1) is 0 Å². The van der Waals surface area contributed by atoms with Gasteiger partial charge in [-0.25, -0.2) is 0 Å². The molecule has 0 fully saturated rings. The quantitative estimate of drug-likeness (QED) is 0.409. The van der Waals surface area contributed by atoms with Crippen molar-refractivity contribution in [2.45, 2.75) is 66.0 Å². The van der Waals surface area contributed by atoms with Crippen molar-refractivity contribution in [2.24, 2.45) is 0 Å². The topological polar surface area (TPSA) is 132 Å². The lowest BCUT2D eigenvalue weighted by Gasteiger charge is -2.34. The highest BCUT2D eigenvalue weighted by Gasteiger charge is 2.42. The van der Waals surface area contributed by atoms with Crippen LogP contribution in [-0.2, 0) is 47.7 Å². The molecule has 0 saturated carbocycles. The van der Waals surface area contributed by atoms with Crippen molar-refractivity contribution in [1.29, 1.82) is 0 Å². The van der Waals surface area contributed by atoms with E-state index in [1.54, 1.807) is 0 Å². The molecule has 0 rings (SSSR count). The Kier molecular flexibility index (Phi) is 9.93. The van der Waals surface area contributed by atoms with Crippen molar-refractivity contribution in [3.63, 3.8) is 0 Å². The summed E-state index contributed by atoms with van der Waals surface area (Å²) < 4.78 is 25.1. The summed E-state index contributed by atoms with van der Waals surface area (Å²) in [6, 6.07) is 0. The molecule has 0 spiro atoms. The molecule has 0 N–H and O–H groups in total. The van der Waals surface area contributed by atoms with Crippen LogP contribution in [0, 0.1) is 0 Å². The van der Waals surface area contributed by atoms with Gasteiger partial charge in [0.1, 0.15) is 12.7 Å². The van der Waals surface area contributed by atoms with Crippen molar-refractivity contribution in [2.75, 3.05) is 6.61 Å². The van der Waals surface area contributed by atoms with Crippen LogP contribution in [0.15, 0.2) is 0 Å². The van der Waals surface area contributed by atoms with E-state index in [0.717, 1.165) is 34.6 Å². The maximum atomic E-state index is 11.5. The number of esters is 5. The van der Waals surface area contributed by atoms with Crippen LogP contribution in [0.25, 0.3) is 0 Å². The Morgan fingerprint density at radius 1 is 0.615 bits per heavy atom. The fourth-order valence-electron chi connectivity index (χ4n) is 2.11. The van der Waals surface area contributed by atoms with Crippen molar-refractivity contribution in [3.05, 3.63) is 0 Å². The first-order valence-electron chi connectivity index (χ1n) is 7.76. The first kappa shape index (κ1) is 23.4. The van der Waals surface area contributed by atoms with Crippen LogP contribution in [0.4, 0.5) is 0 Å². The van der Waals surface area contributed by atoms with Gasteiger partial charge in [-0.2, -0.15) is 0 Å². The molecule has 0 radical (unpaired) electrons. The van der Waals surface area contributed by atoms with Crippen molar-refractivity contribution in [1.82, 2.24) is 0 Å². The fourth-order valence-corrected chi connectivity index (χ4v) is 2.11. The zero-order valence-corrected chi connectivity index (χ0v) is 15.6. The van der Waals surface area contributed by atoms with Gasteiger partial charge in [0.25, 0.3) is 0 Å². The van der Waals surface area contributed by atoms with Gasteiger partial charge in [-0.3, -0.25) is 24.0 Å². The summed E-state index contributed by atoms with van der Waals surface area (Å²) in [7, 11) is 0. The zero-order valence-electron chi connectivity index (χ0n) is 15.6. The van der Waals surface area contributed by atoms with Crippen LogP contribution in [0.5, 0.6) is 0 Å². The number of hydrogen-bond acceptors (Lipinski definition) is 10. The number of carbonyl (C=O) groups is 5. The van der Waals surface area contributed by atoms with E-state index in [-0.39, 0.29) is 0 Å². The Balaban J connectivity index is 5.80. The molecule has 0 aliphatic heterocycles. The van der Waals surface area contributed by atoms with Gasteiger partial charge in [0.15, 0.2) is 18.3 Å². The molecule has 148 valence electrons. The van der Waals surface area contributed by atoms with Crippen LogP contribution in [0.3, 0.4) is 0 Å². The zero-order chi connectivity index (χ0) is 20.4. The third-order valence-corrected chi connectivity index (χ3v) is 2.88. The average Bonchev–Trinajstić information content (AvgIpc) is 2.45. The van der Waals surface area contributed by atoms with Gasteiger partial charge >= 0.3 is 29.8 Å². The third-order valence-electron chi connectivity index (χ3n) is 2.88. The van der Waals surface area contributed by atoms with Gasteiger partial charge < -0.3 is 23.7 Å². The molecule has 0 amide bonds. The second-order valence-corrected chi connectivity index (χ2v) is 5.41. The molecule has 10 heteroatoms. The Morgan fingerprint density at radius 2 is 1.04 bits per heavy atom. The average molecular weight is 376 g/mol. The van der Waals surface area contributed by atoms with Gasteiger partial charge in [-0.05, 0) is 6.92 Å². The molecule has 26 heavy (non-hydrogen) atoms. The highest BCUT2D eigenvalue weighted by molar-refractivity contribution is 5.69. The van der Waals surface area contributed by atoms with E-state index in [2.05, 4.69) is 0 Å². The number of carbonyl (C=O) groups excluding carboxylic acids is 5. The summed E-state index contributed by atoms with van der Waals surface area (Å²) in [5.41, 5.74) is 0. The lowest BCUT2D eigenvalue weighted by atomic mass is 10.0. The SMILES string of the molecule is CC(=O)OC[C@H](OC(C)=O)[C@@H](OC(C)=O)[C@H](OC(C)=O)[C@@H](C)OC(C)=O. The molecule has 0 aliphatic carbocycles. The summed E-state index contributed by atoms with van der Waals surface area (Å²) in [6.07, 6.45) is -5.02. The molecule has 0 bridgehead atoms. The van der Waals surface area contributed by atoms with Crippen molar-refractivity contribution >= 4 is 29.8 Å². The number of ether oxygens (including phenoxy) is 5.